The number of imide groups is 1. The molecule has 0 spiro atoms. The minimum Gasteiger partial charge on any atom is -0.381 e. The van der Waals surface area contributed by atoms with Gasteiger partial charge in [0.25, 0.3) is 11.8 Å². The Balaban J connectivity index is 1.20. The molecule has 2 heterocycles. The van der Waals surface area contributed by atoms with Crippen molar-refractivity contribution in [2.75, 3.05) is 5.32 Å². The molecule has 1 N–H and O–H groups in total. The molecule has 0 radical (unpaired) electrons. The maximum Gasteiger partial charge on any atom is 0.261 e. The molecule has 0 bridgehead atoms. The van der Waals surface area contributed by atoms with Gasteiger partial charge >= 0.3 is 0 Å². The molecule has 2 amide bonds. The molecule has 4 nitrogen and oxygen atoms in total. The maximum absolute atomic E-state index is 13.0. The Hall–Kier alpha value is -2.62. The highest BCUT2D eigenvalue weighted by Gasteiger charge is 2.45. The molecule has 3 unspecified atom stereocenters. The molecule has 5 rings (SSSR count). The zero-order valence-corrected chi connectivity index (χ0v) is 20.5. The molecular formula is C30H38N2O2. The number of rotatable bonds is 10. The second-order valence-corrected chi connectivity index (χ2v) is 10.5. The van der Waals surface area contributed by atoms with Crippen LogP contribution in [0.4, 0.5) is 5.69 Å². The summed E-state index contributed by atoms with van der Waals surface area (Å²) < 4.78 is 0. The predicted molar refractivity (Wildman–Crippen MR) is 137 cm³/mol. The zero-order chi connectivity index (χ0) is 23.5. The van der Waals surface area contributed by atoms with Gasteiger partial charge in [0.15, 0.2) is 0 Å². The molecule has 2 aromatic carbocycles. The molecule has 2 aromatic rings. The van der Waals surface area contributed by atoms with Crippen molar-refractivity contribution in [1.29, 1.82) is 0 Å². The Labute approximate surface area is 204 Å². The first-order valence-electron chi connectivity index (χ1n) is 13.5. The number of nitrogens with zero attached hydrogens (tertiary/aromatic N) is 1. The van der Waals surface area contributed by atoms with Crippen LogP contribution < -0.4 is 5.32 Å². The molecule has 180 valence electrons. The summed E-state index contributed by atoms with van der Waals surface area (Å²) in [7, 11) is 0. The van der Waals surface area contributed by atoms with Crippen LogP contribution in [0.3, 0.4) is 0 Å². The largest absolute Gasteiger partial charge is 0.381 e. The van der Waals surface area contributed by atoms with Crippen LogP contribution in [0.25, 0.3) is 0 Å². The first kappa shape index (κ1) is 23.1. The van der Waals surface area contributed by atoms with Crippen molar-refractivity contribution in [3.05, 3.63) is 64.7 Å². The number of amides is 2. The summed E-state index contributed by atoms with van der Waals surface area (Å²) in [6.45, 7) is 2.27. The third-order valence-corrected chi connectivity index (χ3v) is 8.19. The topological polar surface area (TPSA) is 49.4 Å². The summed E-state index contributed by atoms with van der Waals surface area (Å²) in [6.07, 6.45) is 14.6. The maximum atomic E-state index is 13.0. The van der Waals surface area contributed by atoms with Crippen molar-refractivity contribution < 1.29 is 9.59 Å². The van der Waals surface area contributed by atoms with E-state index < -0.39 is 0 Å². The van der Waals surface area contributed by atoms with E-state index in [1.165, 1.54) is 68.2 Å². The van der Waals surface area contributed by atoms with Crippen LogP contribution in [0, 0.1) is 0 Å². The van der Waals surface area contributed by atoms with E-state index in [0.29, 0.717) is 23.1 Å². The highest BCUT2D eigenvalue weighted by molar-refractivity contribution is 6.21. The molecule has 3 aliphatic rings. The lowest BCUT2D eigenvalue weighted by Crippen LogP contribution is -2.45. The van der Waals surface area contributed by atoms with Gasteiger partial charge in [0.05, 0.1) is 11.1 Å². The van der Waals surface area contributed by atoms with Crippen molar-refractivity contribution in [3.8, 4) is 0 Å². The third kappa shape index (κ3) is 4.52. The highest BCUT2D eigenvalue weighted by atomic mass is 16.2. The molecule has 1 aliphatic carbocycles. The van der Waals surface area contributed by atoms with E-state index in [1.54, 1.807) is 17.0 Å². The van der Waals surface area contributed by atoms with Crippen LogP contribution in [-0.2, 0) is 6.42 Å². The van der Waals surface area contributed by atoms with Gasteiger partial charge in [-0.1, -0.05) is 76.1 Å². The average molecular weight is 459 g/mol. The van der Waals surface area contributed by atoms with Gasteiger partial charge < -0.3 is 5.32 Å². The fourth-order valence-corrected chi connectivity index (χ4v) is 6.31. The van der Waals surface area contributed by atoms with Crippen LogP contribution in [0.2, 0.25) is 0 Å². The van der Waals surface area contributed by atoms with E-state index >= 15 is 0 Å². The monoisotopic (exact) mass is 458 g/mol. The standard InChI is InChI=1S/C30H38N2O2/c1-2-3-4-5-6-7-8-9-12-21-15-17-27-25(19-21)26-20-22(16-18-28(26)31-27)32-29(33)23-13-10-11-14-24(23)30(32)34/h10-11,13-15,17,19,22,26,28,31H,2-9,12,16,18,20H2,1H3. The third-order valence-electron chi connectivity index (χ3n) is 8.19. The first-order chi connectivity index (χ1) is 16.7. The summed E-state index contributed by atoms with van der Waals surface area (Å²) in [6, 6.07) is 14.6. The highest BCUT2D eigenvalue weighted by Crippen LogP contribution is 2.46. The number of anilines is 1. The number of hydrogen-bond acceptors (Lipinski definition) is 3. The van der Waals surface area contributed by atoms with Crippen molar-refractivity contribution in [2.45, 2.75) is 102 Å². The number of hydrogen-bond donors (Lipinski definition) is 1. The second kappa shape index (κ2) is 10.3. The fourth-order valence-electron chi connectivity index (χ4n) is 6.31. The number of fused-ring (bicyclic) bond motifs is 4. The molecule has 0 aromatic heterocycles. The SMILES string of the molecule is CCCCCCCCCCc1ccc2c(c1)C1CC(N3C(=O)c4ccccc4C3=O)CCC1N2. The summed E-state index contributed by atoms with van der Waals surface area (Å²) in [5, 5.41) is 3.73. The van der Waals surface area contributed by atoms with Crippen molar-refractivity contribution in [2.24, 2.45) is 0 Å². The Kier molecular flexibility index (Phi) is 7.03. The number of nitrogens with one attached hydrogen (secondary N) is 1. The smallest absolute Gasteiger partial charge is 0.261 e. The van der Waals surface area contributed by atoms with Gasteiger partial charge in [-0.2, -0.15) is 0 Å². The van der Waals surface area contributed by atoms with Crippen LogP contribution in [0.1, 0.15) is 115 Å². The molecule has 1 saturated carbocycles. The van der Waals surface area contributed by atoms with Gasteiger partial charge in [-0.25, -0.2) is 0 Å². The van der Waals surface area contributed by atoms with Crippen molar-refractivity contribution in [1.82, 2.24) is 4.90 Å². The molecule has 34 heavy (non-hydrogen) atoms. The summed E-state index contributed by atoms with van der Waals surface area (Å²) >= 11 is 0. The summed E-state index contributed by atoms with van der Waals surface area (Å²) in [5.41, 5.74) is 5.19. The Morgan fingerprint density at radius 1 is 0.853 bits per heavy atom. The molecule has 1 fully saturated rings. The lowest BCUT2D eigenvalue weighted by atomic mass is 9.79. The lowest BCUT2D eigenvalue weighted by molar-refractivity contribution is 0.0537. The molecule has 3 atom stereocenters. The van der Waals surface area contributed by atoms with E-state index in [2.05, 4.69) is 30.4 Å². The number of aryl methyl sites for hydroxylation is 1. The number of benzene rings is 2. The number of carbonyl (C=O) groups excluding carboxylic acids is 2. The van der Waals surface area contributed by atoms with E-state index in [0.717, 1.165) is 25.7 Å². The van der Waals surface area contributed by atoms with E-state index in [9.17, 15) is 9.59 Å². The van der Waals surface area contributed by atoms with Crippen molar-refractivity contribution in [3.63, 3.8) is 0 Å². The predicted octanol–water partition coefficient (Wildman–Crippen LogP) is 7.10. The molecule has 2 aliphatic heterocycles. The van der Waals surface area contributed by atoms with Gasteiger partial charge in [0, 0.05) is 23.7 Å². The number of unbranched alkanes of at least 4 members (excludes halogenated alkanes) is 7. The van der Waals surface area contributed by atoms with E-state index in [1.807, 2.05) is 12.1 Å². The van der Waals surface area contributed by atoms with Gasteiger partial charge in [-0.3, -0.25) is 14.5 Å². The van der Waals surface area contributed by atoms with E-state index in [4.69, 9.17) is 0 Å². The first-order valence-corrected chi connectivity index (χ1v) is 13.5. The van der Waals surface area contributed by atoms with E-state index in [-0.39, 0.29) is 17.9 Å². The van der Waals surface area contributed by atoms with Gasteiger partial charge in [-0.05, 0) is 61.4 Å². The Bertz CT molecular complexity index is 1010. The van der Waals surface area contributed by atoms with Gasteiger partial charge in [0.2, 0.25) is 0 Å². The Morgan fingerprint density at radius 2 is 1.53 bits per heavy atom. The fraction of sp³-hybridized carbons (Fsp3) is 0.533. The minimum atomic E-state index is -0.112. The lowest BCUT2D eigenvalue weighted by Gasteiger charge is -2.36. The van der Waals surface area contributed by atoms with Crippen LogP contribution in [0.5, 0.6) is 0 Å². The van der Waals surface area contributed by atoms with Gasteiger partial charge in [0.1, 0.15) is 0 Å². The van der Waals surface area contributed by atoms with Crippen LogP contribution >= 0.6 is 0 Å². The number of carbonyl (C=O) groups is 2. The van der Waals surface area contributed by atoms with Crippen LogP contribution in [0.15, 0.2) is 42.5 Å². The molecule has 0 saturated heterocycles. The van der Waals surface area contributed by atoms with Crippen molar-refractivity contribution >= 4 is 17.5 Å². The minimum absolute atomic E-state index is 0.0160. The van der Waals surface area contributed by atoms with Gasteiger partial charge in [-0.15, -0.1) is 0 Å². The quantitative estimate of drug-likeness (QED) is 0.305. The normalized spacial score (nSPS) is 23.0. The average Bonchev–Trinajstić information content (AvgIpc) is 3.35. The zero-order valence-electron chi connectivity index (χ0n) is 20.5. The molecular weight excluding hydrogens is 420 g/mol. The Morgan fingerprint density at radius 3 is 2.24 bits per heavy atom. The summed E-state index contributed by atoms with van der Waals surface area (Å²) in [4.78, 5) is 27.6. The summed E-state index contributed by atoms with van der Waals surface area (Å²) in [5.74, 6) is 0.147. The molecule has 4 heteroatoms. The van der Waals surface area contributed by atoms with Crippen LogP contribution in [-0.4, -0.2) is 28.8 Å². The second-order valence-electron chi connectivity index (χ2n) is 10.5.